The minimum atomic E-state index is -2.40. The van der Waals surface area contributed by atoms with E-state index in [0.717, 1.165) is 0 Å². The molecule has 0 rings (SSSR count). The lowest BCUT2D eigenvalue weighted by Gasteiger charge is -2.17. The maximum Gasteiger partial charge on any atom is 0.291 e. The zero-order valence-corrected chi connectivity index (χ0v) is 7.13. The van der Waals surface area contributed by atoms with Gasteiger partial charge in [-0.05, 0) is 0 Å². The fourth-order valence-electron chi connectivity index (χ4n) is 0.670. The number of amidine groups is 1. The third-order valence-electron chi connectivity index (χ3n) is 1.12. The SMILES string of the molecule is C=CN=C(OC)N(C)CC(F)F. The van der Waals surface area contributed by atoms with E-state index in [-0.39, 0.29) is 6.02 Å². The summed E-state index contributed by atoms with van der Waals surface area (Å²) in [5.41, 5.74) is 0. The van der Waals surface area contributed by atoms with Gasteiger partial charge in [0.25, 0.3) is 12.4 Å². The van der Waals surface area contributed by atoms with Gasteiger partial charge in [0.2, 0.25) is 0 Å². The summed E-state index contributed by atoms with van der Waals surface area (Å²) < 4.78 is 28.4. The van der Waals surface area contributed by atoms with Gasteiger partial charge in [0, 0.05) is 13.2 Å². The maximum atomic E-state index is 11.8. The summed E-state index contributed by atoms with van der Waals surface area (Å²) in [6.45, 7) is 2.93. The zero-order chi connectivity index (χ0) is 9.56. The van der Waals surface area contributed by atoms with Crippen molar-refractivity contribution in [2.24, 2.45) is 4.99 Å². The highest BCUT2D eigenvalue weighted by Crippen LogP contribution is 1.97. The predicted molar refractivity (Wildman–Crippen MR) is 43.3 cm³/mol. The lowest BCUT2D eigenvalue weighted by Crippen LogP contribution is -2.32. The molecule has 0 fully saturated rings. The van der Waals surface area contributed by atoms with Crippen LogP contribution in [-0.4, -0.2) is 38.0 Å². The van der Waals surface area contributed by atoms with Gasteiger partial charge >= 0.3 is 0 Å². The second-order valence-electron chi connectivity index (χ2n) is 2.07. The van der Waals surface area contributed by atoms with Gasteiger partial charge in [-0.1, -0.05) is 6.58 Å². The molecule has 0 saturated carbocycles. The average Bonchev–Trinajstić information content (AvgIpc) is 1.98. The van der Waals surface area contributed by atoms with Gasteiger partial charge in [-0.3, -0.25) is 0 Å². The van der Waals surface area contributed by atoms with Crippen LogP contribution in [0.15, 0.2) is 17.8 Å². The van der Waals surface area contributed by atoms with Crippen LogP contribution >= 0.6 is 0 Å². The Balaban J connectivity index is 4.11. The van der Waals surface area contributed by atoms with E-state index in [1.54, 1.807) is 0 Å². The third-order valence-corrected chi connectivity index (χ3v) is 1.12. The van der Waals surface area contributed by atoms with Crippen LogP contribution < -0.4 is 0 Å². The molecule has 12 heavy (non-hydrogen) atoms. The van der Waals surface area contributed by atoms with Crippen LogP contribution in [-0.2, 0) is 4.74 Å². The van der Waals surface area contributed by atoms with Crippen molar-refractivity contribution in [2.75, 3.05) is 20.7 Å². The van der Waals surface area contributed by atoms with Crippen molar-refractivity contribution in [1.82, 2.24) is 4.90 Å². The van der Waals surface area contributed by atoms with Gasteiger partial charge in [0.05, 0.1) is 13.7 Å². The summed E-state index contributed by atoms with van der Waals surface area (Å²) in [7, 11) is 2.84. The first kappa shape index (κ1) is 10.9. The lowest BCUT2D eigenvalue weighted by molar-refractivity contribution is 0.114. The molecule has 0 radical (unpaired) electrons. The number of nitrogens with zero attached hydrogens (tertiary/aromatic N) is 2. The third kappa shape index (κ3) is 3.90. The van der Waals surface area contributed by atoms with E-state index in [4.69, 9.17) is 4.74 Å². The molecule has 0 bridgehead atoms. The predicted octanol–water partition coefficient (Wildman–Crippen LogP) is 1.33. The van der Waals surface area contributed by atoms with Crippen molar-refractivity contribution in [3.05, 3.63) is 12.8 Å². The van der Waals surface area contributed by atoms with Gasteiger partial charge in [-0.15, -0.1) is 0 Å². The molecule has 3 nitrogen and oxygen atoms in total. The molecule has 0 amide bonds. The minimum absolute atomic E-state index is 0.130. The number of rotatable bonds is 3. The standard InChI is InChI=1S/C7H12F2N2O/c1-4-10-7(12-3)11(2)5-6(8)9/h4,6H,1,5H2,2-3H3. The fraction of sp³-hybridized carbons (Fsp3) is 0.571. The van der Waals surface area contributed by atoms with Crippen molar-refractivity contribution in [3.8, 4) is 0 Å². The Morgan fingerprint density at radius 2 is 2.33 bits per heavy atom. The molecule has 0 aliphatic carbocycles. The molecule has 0 atom stereocenters. The molecule has 0 aromatic carbocycles. The first-order valence-corrected chi connectivity index (χ1v) is 3.33. The van der Waals surface area contributed by atoms with E-state index in [0.29, 0.717) is 0 Å². The molecule has 0 unspecified atom stereocenters. The summed E-state index contributed by atoms with van der Waals surface area (Å²) in [6, 6.07) is 0.130. The van der Waals surface area contributed by atoms with Crippen LogP contribution in [0.4, 0.5) is 8.78 Å². The average molecular weight is 178 g/mol. The summed E-state index contributed by atoms with van der Waals surface area (Å²) in [4.78, 5) is 4.86. The van der Waals surface area contributed by atoms with E-state index in [1.165, 1.54) is 25.3 Å². The van der Waals surface area contributed by atoms with Crippen molar-refractivity contribution in [1.29, 1.82) is 0 Å². The van der Waals surface area contributed by atoms with E-state index in [2.05, 4.69) is 11.6 Å². The summed E-state index contributed by atoms with van der Waals surface area (Å²) in [5.74, 6) is 0. The number of hydrogen-bond donors (Lipinski definition) is 0. The second kappa shape index (κ2) is 5.51. The number of aliphatic imine (C=N–C) groups is 1. The number of halogens is 2. The van der Waals surface area contributed by atoms with E-state index in [1.807, 2.05) is 0 Å². The summed E-state index contributed by atoms with van der Waals surface area (Å²) in [5, 5.41) is 0. The Bertz CT molecular complexity index is 171. The highest BCUT2D eigenvalue weighted by molar-refractivity contribution is 5.73. The molecule has 0 spiro atoms. The molecular weight excluding hydrogens is 166 g/mol. The van der Waals surface area contributed by atoms with Crippen LogP contribution in [0.3, 0.4) is 0 Å². The first-order chi connectivity index (χ1) is 5.61. The summed E-state index contributed by atoms with van der Waals surface area (Å²) >= 11 is 0. The smallest absolute Gasteiger partial charge is 0.291 e. The molecule has 0 heterocycles. The molecule has 0 N–H and O–H groups in total. The van der Waals surface area contributed by atoms with E-state index in [9.17, 15) is 8.78 Å². The highest BCUT2D eigenvalue weighted by atomic mass is 19.3. The molecular formula is C7H12F2N2O. The van der Waals surface area contributed by atoms with Crippen LogP contribution in [0.1, 0.15) is 0 Å². The molecule has 0 aromatic rings. The fourth-order valence-corrected chi connectivity index (χ4v) is 0.670. The Morgan fingerprint density at radius 3 is 2.67 bits per heavy atom. The number of alkyl halides is 2. The largest absolute Gasteiger partial charge is 0.468 e. The number of ether oxygens (including phenoxy) is 1. The normalized spacial score (nSPS) is 11.6. The van der Waals surface area contributed by atoms with Crippen LogP contribution in [0, 0.1) is 0 Å². The Labute approximate surface area is 70.3 Å². The molecule has 0 aliphatic rings. The first-order valence-electron chi connectivity index (χ1n) is 3.33. The van der Waals surface area contributed by atoms with E-state index < -0.39 is 13.0 Å². The van der Waals surface area contributed by atoms with Crippen molar-refractivity contribution < 1.29 is 13.5 Å². The number of hydrogen-bond acceptors (Lipinski definition) is 2. The molecule has 0 saturated heterocycles. The minimum Gasteiger partial charge on any atom is -0.468 e. The second-order valence-corrected chi connectivity index (χ2v) is 2.07. The van der Waals surface area contributed by atoms with Gasteiger partial charge < -0.3 is 9.64 Å². The van der Waals surface area contributed by atoms with Crippen LogP contribution in [0.25, 0.3) is 0 Å². The van der Waals surface area contributed by atoms with Gasteiger partial charge in [0.1, 0.15) is 0 Å². The van der Waals surface area contributed by atoms with Gasteiger partial charge in [0.15, 0.2) is 0 Å². The van der Waals surface area contributed by atoms with Gasteiger partial charge in [-0.2, -0.15) is 0 Å². The summed E-state index contributed by atoms with van der Waals surface area (Å²) in [6.07, 6.45) is -1.17. The topological polar surface area (TPSA) is 24.8 Å². The Hall–Kier alpha value is -1.13. The van der Waals surface area contributed by atoms with Crippen LogP contribution in [0.5, 0.6) is 0 Å². The van der Waals surface area contributed by atoms with Crippen LogP contribution in [0.2, 0.25) is 0 Å². The molecule has 5 heteroatoms. The monoisotopic (exact) mass is 178 g/mol. The Morgan fingerprint density at radius 1 is 1.75 bits per heavy atom. The number of methoxy groups -OCH3 is 1. The maximum absolute atomic E-state index is 11.8. The molecule has 0 aromatic heterocycles. The Kier molecular flexibility index (Phi) is 4.99. The van der Waals surface area contributed by atoms with E-state index >= 15 is 0 Å². The highest BCUT2D eigenvalue weighted by Gasteiger charge is 2.11. The molecule has 70 valence electrons. The van der Waals surface area contributed by atoms with Crippen molar-refractivity contribution in [3.63, 3.8) is 0 Å². The quantitative estimate of drug-likeness (QED) is 0.481. The van der Waals surface area contributed by atoms with Crippen molar-refractivity contribution >= 4 is 6.02 Å². The molecule has 0 aliphatic heterocycles. The van der Waals surface area contributed by atoms with Gasteiger partial charge in [-0.25, -0.2) is 13.8 Å². The lowest BCUT2D eigenvalue weighted by atomic mass is 10.6. The van der Waals surface area contributed by atoms with Crippen molar-refractivity contribution in [2.45, 2.75) is 6.43 Å². The zero-order valence-electron chi connectivity index (χ0n) is 7.13.